The van der Waals surface area contributed by atoms with Crippen LogP contribution >= 0.6 is 0 Å². The van der Waals surface area contributed by atoms with Gasteiger partial charge in [0.05, 0.1) is 6.61 Å². The lowest BCUT2D eigenvalue weighted by molar-refractivity contribution is -0.136. The van der Waals surface area contributed by atoms with Gasteiger partial charge in [0, 0.05) is 6.42 Å². The molecule has 0 N–H and O–H groups in total. The van der Waals surface area contributed by atoms with E-state index in [1.54, 1.807) is 6.92 Å². The monoisotopic (exact) mass is 354 g/mol. The van der Waals surface area contributed by atoms with Gasteiger partial charge in [-0.3, -0.25) is 0 Å². The average molecular weight is 354 g/mol. The van der Waals surface area contributed by atoms with Gasteiger partial charge in [-0.25, -0.2) is 4.39 Å². The fraction of sp³-hybridized carbons (Fsp3) is 0.400. The molecule has 5 heteroatoms. The molecule has 0 aliphatic carbocycles. The van der Waals surface area contributed by atoms with E-state index in [-0.39, 0.29) is 18.8 Å². The van der Waals surface area contributed by atoms with E-state index in [4.69, 9.17) is 4.74 Å². The molecule has 0 bridgehead atoms. The zero-order chi connectivity index (χ0) is 18.8. The van der Waals surface area contributed by atoms with Crippen molar-refractivity contribution < 1.29 is 22.3 Å². The van der Waals surface area contributed by atoms with Crippen LogP contribution in [-0.2, 0) is 0 Å². The molecule has 0 heterocycles. The lowest BCUT2D eigenvalue weighted by atomic mass is 9.93. The van der Waals surface area contributed by atoms with E-state index in [0.29, 0.717) is 5.56 Å². The van der Waals surface area contributed by atoms with Gasteiger partial charge < -0.3 is 4.74 Å². The smallest absolute Gasteiger partial charge is 0.389 e. The van der Waals surface area contributed by atoms with E-state index in [0.717, 1.165) is 27.8 Å². The molecular formula is C20H22F4O. The van der Waals surface area contributed by atoms with Crippen molar-refractivity contribution in [3.05, 3.63) is 52.3 Å². The molecule has 0 atom stereocenters. The summed E-state index contributed by atoms with van der Waals surface area (Å²) in [6.45, 7) is 7.49. The molecule has 1 nitrogen and oxygen atoms in total. The SMILES string of the molecule is Cc1cc(C)c(-c2cc(C)c(OCCCC(F)(F)F)c(F)c2)c(C)c1. The third kappa shape index (κ3) is 4.97. The summed E-state index contributed by atoms with van der Waals surface area (Å²) in [7, 11) is 0. The van der Waals surface area contributed by atoms with Crippen LogP contribution in [0.3, 0.4) is 0 Å². The van der Waals surface area contributed by atoms with Crippen LogP contribution in [0.5, 0.6) is 5.75 Å². The number of hydrogen-bond donors (Lipinski definition) is 0. The highest BCUT2D eigenvalue weighted by Crippen LogP contribution is 2.34. The van der Waals surface area contributed by atoms with Gasteiger partial charge in [0.15, 0.2) is 11.6 Å². The molecule has 0 saturated carbocycles. The molecule has 0 unspecified atom stereocenters. The number of alkyl halides is 3. The first-order chi connectivity index (χ1) is 11.6. The maximum atomic E-state index is 14.5. The summed E-state index contributed by atoms with van der Waals surface area (Å²) in [6.07, 6.45) is -5.35. The number of rotatable bonds is 5. The summed E-state index contributed by atoms with van der Waals surface area (Å²) >= 11 is 0. The van der Waals surface area contributed by atoms with Crippen LogP contribution in [0.15, 0.2) is 24.3 Å². The average Bonchev–Trinajstić information content (AvgIpc) is 2.43. The van der Waals surface area contributed by atoms with Gasteiger partial charge in [0.1, 0.15) is 0 Å². The molecule has 2 rings (SSSR count). The molecule has 2 aromatic carbocycles. The fourth-order valence-electron chi connectivity index (χ4n) is 3.14. The van der Waals surface area contributed by atoms with Crippen molar-refractivity contribution in [1.29, 1.82) is 0 Å². The van der Waals surface area contributed by atoms with Crippen LogP contribution in [0.2, 0.25) is 0 Å². The molecular weight excluding hydrogens is 332 g/mol. The zero-order valence-corrected chi connectivity index (χ0v) is 14.9. The van der Waals surface area contributed by atoms with Crippen LogP contribution < -0.4 is 4.74 Å². The molecule has 0 fully saturated rings. The van der Waals surface area contributed by atoms with Crippen molar-refractivity contribution in [2.75, 3.05) is 6.61 Å². The third-order valence-corrected chi connectivity index (χ3v) is 4.05. The molecule has 25 heavy (non-hydrogen) atoms. The summed E-state index contributed by atoms with van der Waals surface area (Å²) in [5.74, 6) is -0.533. The van der Waals surface area contributed by atoms with Crippen molar-refractivity contribution in [2.24, 2.45) is 0 Å². The van der Waals surface area contributed by atoms with Gasteiger partial charge in [-0.15, -0.1) is 0 Å². The Kier molecular flexibility index (Phi) is 5.76. The Labute approximate surface area is 145 Å². The topological polar surface area (TPSA) is 9.23 Å². The number of aryl methyl sites for hydroxylation is 4. The molecule has 0 spiro atoms. The minimum atomic E-state index is -4.22. The first-order valence-corrected chi connectivity index (χ1v) is 8.16. The second-order valence-corrected chi connectivity index (χ2v) is 6.45. The van der Waals surface area contributed by atoms with E-state index in [1.807, 2.05) is 39.0 Å². The summed E-state index contributed by atoms with van der Waals surface area (Å²) in [5, 5.41) is 0. The maximum absolute atomic E-state index is 14.5. The maximum Gasteiger partial charge on any atom is 0.389 e. The minimum absolute atomic E-state index is 0.0216. The van der Waals surface area contributed by atoms with Crippen molar-refractivity contribution in [2.45, 2.75) is 46.7 Å². The number of halogens is 4. The van der Waals surface area contributed by atoms with E-state index >= 15 is 0 Å². The van der Waals surface area contributed by atoms with Crippen molar-refractivity contribution in [3.63, 3.8) is 0 Å². The lowest BCUT2D eigenvalue weighted by Crippen LogP contribution is -2.10. The highest BCUT2D eigenvalue weighted by atomic mass is 19.4. The second-order valence-electron chi connectivity index (χ2n) is 6.45. The highest BCUT2D eigenvalue weighted by Gasteiger charge is 2.26. The molecule has 136 valence electrons. The largest absolute Gasteiger partial charge is 0.490 e. The molecule has 0 amide bonds. The Bertz CT molecular complexity index is 717. The van der Waals surface area contributed by atoms with Crippen LogP contribution in [0.1, 0.15) is 35.1 Å². The standard InChI is InChI=1S/C20H22F4O/c1-12-8-13(2)18(14(3)9-12)16-10-15(4)19(17(21)11-16)25-7-5-6-20(22,23)24/h8-11H,5-7H2,1-4H3. The third-order valence-electron chi connectivity index (χ3n) is 4.05. The van der Waals surface area contributed by atoms with Gasteiger partial charge in [-0.05, 0) is 74.1 Å². The highest BCUT2D eigenvalue weighted by molar-refractivity contribution is 5.72. The Hall–Kier alpha value is -2.04. The molecule has 0 radical (unpaired) electrons. The van der Waals surface area contributed by atoms with E-state index in [1.165, 1.54) is 6.07 Å². The lowest BCUT2D eigenvalue weighted by Gasteiger charge is -2.16. The summed E-state index contributed by atoms with van der Waals surface area (Å²) in [4.78, 5) is 0. The first-order valence-electron chi connectivity index (χ1n) is 8.16. The zero-order valence-electron chi connectivity index (χ0n) is 14.9. The predicted octanol–water partition coefficient (Wildman–Crippen LogP) is 6.45. The minimum Gasteiger partial charge on any atom is -0.490 e. The van der Waals surface area contributed by atoms with E-state index in [2.05, 4.69) is 0 Å². The Balaban J connectivity index is 2.23. The quantitative estimate of drug-likeness (QED) is 0.443. The second kappa shape index (κ2) is 7.46. The molecule has 0 aromatic heterocycles. The van der Waals surface area contributed by atoms with Gasteiger partial charge >= 0.3 is 6.18 Å². The first kappa shape index (κ1) is 19.3. The number of ether oxygens (including phenoxy) is 1. The molecule has 0 aliphatic rings. The van der Waals surface area contributed by atoms with Crippen LogP contribution in [0.25, 0.3) is 11.1 Å². The van der Waals surface area contributed by atoms with Crippen molar-refractivity contribution in [3.8, 4) is 16.9 Å². The predicted molar refractivity (Wildman–Crippen MR) is 91.6 cm³/mol. The molecule has 0 saturated heterocycles. The Morgan fingerprint density at radius 3 is 2.00 bits per heavy atom. The Morgan fingerprint density at radius 2 is 1.48 bits per heavy atom. The van der Waals surface area contributed by atoms with Crippen molar-refractivity contribution >= 4 is 0 Å². The summed E-state index contributed by atoms with van der Waals surface area (Å²) in [6, 6.07) is 7.28. The normalized spacial score (nSPS) is 11.7. The summed E-state index contributed by atoms with van der Waals surface area (Å²) in [5.41, 5.74) is 5.52. The molecule has 2 aromatic rings. The van der Waals surface area contributed by atoms with Crippen molar-refractivity contribution in [1.82, 2.24) is 0 Å². The van der Waals surface area contributed by atoms with Crippen LogP contribution in [-0.4, -0.2) is 12.8 Å². The van der Waals surface area contributed by atoms with Gasteiger partial charge in [-0.1, -0.05) is 17.7 Å². The van der Waals surface area contributed by atoms with Crippen LogP contribution in [0, 0.1) is 33.5 Å². The van der Waals surface area contributed by atoms with Gasteiger partial charge in [0.25, 0.3) is 0 Å². The van der Waals surface area contributed by atoms with Gasteiger partial charge in [-0.2, -0.15) is 13.2 Å². The Morgan fingerprint density at radius 1 is 0.880 bits per heavy atom. The van der Waals surface area contributed by atoms with E-state index < -0.39 is 18.4 Å². The fourth-order valence-corrected chi connectivity index (χ4v) is 3.14. The van der Waals surface area contributed by atoms with Gasteiger partial charge in [0.2, 0.25) is 0 Å². The number of benzene rings is 2. The van der Waals surface area contributed by atoms with E-state index in [9.17, 15) is 17.6 Å². The molecule has 0 aliphatic heterocycles. The number of hydrogen-bond acceptors (Lipinski definition) is 1. The van der Waals surface area contributed by atoms with Crippen LogP contribution in [0.4, 0.5) is 17.6 Å². The summed E-state index contributed by atoms with van der Waals surface area (Å²) < 4.78 is 56.2.